The first kappa shape index (κ1) is 19.2. The lowest BCUT2D eigenvalue weighted by molar-refractivity contribution is -0.152. The van der Waals surface area contributed by atoms with Gasteiger partial charge in [0.15, 0.2) is 17.6 Å². The van der Waals surface area contributed by atoms with Crippen LogP contribution in [0.25, 0.3) is 0 Å². The van der Waals surface area contributed by atoms with E-state index in [-0.39, 0.29) is 6.54 Å². The highest BCUT2D eigenvalue weighted by molar-refractivity contribution is 5.97. The predicted octanol–water partition coefficient (Wildman–Crippen LogP) is 1.76. The van der Waals surface area contributed by atoms with Gasteiger partial charge in [0.25, 0.3) is 11.8 Å². The Labute approximate surface area is 161 Å². The molecule has 0 aromatic heterocycles. The Morgan fingerprint density at radius 2 is 1.75 bits per heavy atom. The third kappa shape index (κ3) is 5.00. The van der Waals surface area contributed by atoms with E-state index in [0.717, 1.165) is 0 Å². The summed E-state index contributed by atoms with van der Waals surface area (Å²) in [5, 5.41) is 5.10. The van der Waals surface area contributed by atoms with E-state index in [4.69, 9.17) is 14.2 Å². The van der Waals surface area contributed by atoms with Crippen LogP contribution in [0.4, 0.5) is 5.69 Å². The molecular weight excluding hydrogens is 364 g/mol. The first-order valence-electron chi connectivity index (χ1n) is 8.76. The van der Waals surface area contributed by atoms with E-state index in [2.05, 4.69) is 10.6 Å². The normalized spacial score (nSPS) is 13.2. The molecule has 2 aromatic carbocycles. The van der Waals surface area contributed by atoms with Crippen molar-refractivity contribution in [2.24, 2.45) is 0 Å². The molecule has 0 fully saturated rings. The molecule has 2 amide bonds. The van der Waals surface area contributed by atoms with E-state index in [9.17, 15) is 14.4 Å². The van der Waals surface area contributed by atoms with Gasteiger partial charge in [-0.15, -0.1) is 0 Å². The second-order valence-electron chi connectivity index (χ2n) is 6.03. The number of fused-ring (bicyclic) bond motifs is 1. The maximum Gasteiger partial charge on any atom is 0.326 e. The summed E-state index contributed by atoms with van der Waals surface area (Å²) < 4.78 is 15.9. The van der Waals surface area contributed by atoms with Crippen LogP contribution in [0.3, 0.4) is 0 Å². The number of amides is 2. The van der Waals surface area contributed by atoms with Gasteiger partial charge in [0.1, 0.15) is 19.8 Å². The van der Waals surface area contributed by atoms with Gasteiger partial charge in [0.2, 0.25) is 0 Å². The van der Waals surface area contributed by atoms with Crippen molar-refractivity contribution in [1.82, 2.24) is 5.32 Å². The highest BCUT2D eigenvalue weighted by atomic mass is 16.6. The minimum atomic E-state index is -1.03. The van der Waals surface area contributed by atoms with Crippen LogP contribution in [0.2, 0.25) is 0 Å². The fourth-order valence-electron chi connectivity index (χ4n) is 2.50. The van der Waals surface area contributed by atoms with Gasteiger partial charge < -0.3 is 24.8 Å². The van der Waals surface area contributed by atoms with Gasteiger partial charge in [-0.05, 0) is 31.2 Å². The van der Waals surface area contributed by atoms with Crippen molar-refractivity contribution in [3.63, 3.8) is 0 Å². The lowest BCUT2D eigenvalue weighted by Gasteiger charge is -2.19. The summed E-state index contributed by atoms with van der Waals surface area (Å²) >= 11 is 0. The molecule has 8 nitrogen and oxygen atoms in total. The van der Waals surface area contributed by atoms with Crippen LogP contribution in [0.15, 0.2) is 48.5 Å². The zero-order valence-corrected chi connectivity index (χ0v) is 15.3. The fraction of sp³-hybridized carbons (Fsp3) is 0.250. The molecule has 1 aliphatic rings. The Kier molecular flexibility index (Phi) is 6.11. The minimum Gasteiger partial charge on any atom is -0.486 e. The zero-order chi connectivity index (χ0) is 19.9. The summed E-state index contributed by atoms with van der Waals surface area (Å²) in [6, 6.07) is 13.5. The molecule has 0 spiro atoms. The van der Waals surface area contributed by atoms with Gasteiger partial charge in [-0.2, -0.15) is 0 Å². The Morgan fingerprint density at radius 3 is 2.50 bits per heavy atom. The molecule has 146 valence electrons. The predicted molar refractivity (Wildman–Crippen MR) is 100 cm³/mol. The molecule has 2 N–H and O–H groups in total. The number of carbonyl (C=O) groups is 3. The quantitative estimate of drug-likeness (QED) is 0.736. The third-order valence-electron chi connectivity index (χ3n) is 3.92. The number of nitrogens with one attached hydrogen (secondary N) is 2. The van der Waals surface area contributed by atoms with Crippen LogP contribution in [0.5, 0.6) is 11.5 Å². The molecule has 2 aromatic rings. The third-order valence-corrected chi connectivity index (χ3v) is 3.92. The SMILES string of the molecule is CC(OC(=O)CNC(=O)c1ccccc1)C(=O)Nc1ccc2c(c1)OCCO2. The van der Waals surface area contributed by atoms with Crippen LogP contribution in [0.1, 0.15) is 17.3 Å². The highest BCUT2D eigenvalue weighted by Gasteiger charge is 2.20. The molecule has 3 rings (SSSR count). The standard InChI is InChI=1S/C20H20N2O6/c1-13(28-18(23)12-21-20(25)14-5-3-2-4-6-14)19(24)22-15-7-8-16-17(11-15)27-10-9-26-16/h2-8,11,13H,9-10,12H2,1H3,(H,21,25)(H,22,24). The number of carbonyl (C=O) groups excluding carboxylic acids is 3. The van der Waals surface area contributed by atoms with Gasteiger partial charge in [-0.25, -0.2) is 0 Å². The molecule has 8 heteroatoms. The summed E-state index contributed by atoms with van der Waals surface area (Å²) in [6.45, 7) is 2.03. The smallest absolute Gasteiger partial charge is 0.326 e. The number of rotatable bonds is 6. The summed E-state index contributed by atoms with van der Waals surface area (Å²) in [7, 11) is 0. The average Bonchev–Trinajstić information content (AvgIpc) is 2.72. The Morgan fingerprint density at radius 1 is 1.04 bits per heavy atom. The maximum atomic E-state index is 12.2. The van der Waals surface area contributed by atoms with Crippen LogP contribution in [-0.4, -0.2) is 43.6 Å². The molecule has 1 atom stereocenters. The van der Waals surface area contributed by atoms with Gasteiger partial charge in [-0.3, -0.25) is 14.4 Å². The van der Waals surface area contributed by atoms with Crippen molar-refractivity contribution in [3.05, 3.63) is 54.1 Å². The molecule has 1 aliphatic heterocycles. The second-order valence-corrected chi connectivity index (χ2v) is 6.03. The summed E-state index contributed by atoms with van der Waals surface area (Å²) in [6.07, 6.45) is -1.03. The zero-order valence-electron chi connectivity index (χ0n) is 15.3. The van der Waals surface area contributed by atoms with Gasteiger partial charge in [-0.1, -0.05) is 18.2 Å². The monoisotopic (exact) mass is 384 g/mol. The molecule has 0 saturated carbocycles. The Balaban J connectivity index is 1.47. The van der Waals surface area contributed by atoms with E-state index in [0.29, 0.717) is 36.0 Å². The van der Waals surface area contributed by atoms with Crippen LogP contribution in [-0.2, 0) is 14.3 Å². The van der Waals surface area contributed by atoms with E-state index < -0.39 is 23.9 Å². The molecular formula is C20H20N2O6. The van der Waals surface area contributed by atoms with Crippen molar-refractivity contribution in [2.45, 2.75) is 13.0 Å². The van der Waals surface area contributed by atoms with Crippen molar-refractivity contribution in [3.8, 4) is 11.5 Å². The first-order chi connectivity index (χ1) is 13.5. The number of anilines is 1. The topological polar surface area (TPSA) is 103 Å². The van der Waals surface area contributed by atoms with Crippen molar-refractivity contribution >= 4 is 23.5 Å². The van der Waals surface area contributed by atoms with Crippen LogP contribution >= 0.6 is 0 Å². The largest absolute Gasteiger partial charge is 0.486 e. The molecule has 0 radical (unpaired) electrons. The van der Waals surface area contributed by atoms with Crippen LogP contribution < -0.4 is 20.1 Å². The number of esters is 1. The number of ether oxygens (including phenoxy) is 3. The van der Waals surface area contributed by atoms with Crippen molar-refractivity contribution in [1.29, 1.82) is 0 Å². The second kappa shape index (κ2) is 8.90. The minimum absolute atomic E-state index is 0.338. The van der Waals surface area contributed by atoms with Crippen molar-refractivity contribution < 1.29 is 28.6 Å². The highest BCUT2D eigenvalue weighted by Crippen LogP contribution is 2.32. The maximum absolute atomic E-state index is 12.2. The van der Waals surface area contributed by atoms with Gasteiger partial charge in [0, 0.05) is 17.3 Å². The Hall–Kier alpha value is -3.55. The molecule has 0 saturated heterocycles. The summed E-state index contributed by atoms with van der Waals surface area (Å²) in [4.78, 5) is 36.0. The van der Waals surface area contributed by atoms with E-state index in [1.165, 1.54) is 6.92 Å². The van der Waals surface area contributed by atoms with Crippen molar-refractivity contribution in [2.75, 3.05) is 25.1 Å². The Bertz CT molecular complexity index is 868. The first-order valence-corrected chi connectivity index (χ1v) is 8.76. The van der Waals surface area contributed by atoms with Gasteiger partial charge in [0.05, 0.1) is 0 Å². The van der Waals surface area contributed by atoms with Gasteiger partial charge >= 0.3 is 5.97 Å². The fourth-order valence-corrected chi connectivity index (χ4v) is 2.50. The molecule has 1 heterocycles. The van der Waals surface area contributed by atoms with E-state index in [1.807, 2.05) is 0 Å². The lowest BCUT2D eigenvalue weighted by atomic mass is 10.2. The molecule has 1 unspecified atom stereocenters. The number of benzene rings is 2. The van der Waals surface area contributed by atoms with E-state index in [1.54, 1.807) is 48.5 Å². The summed E-state index contributed by atoms with van der Waals surface area (Å²) in [5.74, 6) is -0.463. The van der Waals surface area contributed by atoms with E-state index >= 15 is 0 Å². The molecule has 28 heavy (non-hydrogen) atoms. The number of hydrogen-bond acceptors (Lipinski definition) is 6. The molecule has 0 aliphatic carbocycles. The molecule has 0 bridgehead atoms. The van der Waals surface area contributed by atoms with Crippen LogP contribution in [0, 0.1) is 0 Å². The summed E-state index contributed by atoms with van der Waals surface area (Å²) in [5.41, 5.74) is 0.925. The average molecular weight is 384 g/mol. The lowest BCUT2D eigenvalue weighted by Crippen LogP contribution is -2.35. The number of hydrogen-bond donors (Lipinski definition) is 2.